The maximum absolute atomic E-state index is 5.57. The van der Waals surface area contributed by atoms with Crippen molar-refractivity contribution >= 4 is 29.9 Å². The minimum absolute atomic E-state index is 0. The van der Waals surface area contributed by atoms with Crippen molar-refractivity contribution < 1.29 is 4.42 Å². The Morgan fingerprint density at radius 1 is 1.21 bits per heavy atom. The molecule has 0 aliphatic rings. The van der Waals surface area contributed by atoms with Crippen LogP contribution in [0.1, 0.15) is 24.0 Å². The van der Waals surface area contributed by atoms with E-state index in [4.69, 9.17) is 4.42 Å². The maximum Gasteiger partial charge on any atom is 0.226 e. The highest BCUT2D eigenvalue weighted by Gasteiger charge is 2.10. The van der Waals surface area contributed by atoms with Gasteiger partial charge in [0.15, 0.2) is 5.96 Å². The van der Waals surface area contributed by atoms with Crippen molar-refractivity contribution in [3.05, 3.63) is 59.7 Å². The van der Waals surface area contributed by atoms with E-state index in [1.54, 1.807) is 13.3 Å². The third-order valence-corrected chi connectivity index (χ3v) is 4.44. The molecule has 3 rings (SSSR count). The van der Waals surface area contributed by atoms with Crippen molar-refractivity contribution in [3.63, 3.8) is 0 Å². The summed E-state index contributed by atoms with van der Waals surface area (Å²) < 4.78 is 7.63. The third-order valence-electron chi connectivity index (χ3n) is 4.44. The first-order valence-corrected chi connectivity index (χ1v) is 9.50. The minimum Gasteiger partial charge on any atom is -0.444 e. The van der Waals surface area contributed by atoms with Gasteiger partial charge in [-0.15, -0.1) is 24.0 Å². The number of nitrogens with one attached hydrogen (secondary N) is 2. The minimum atomic E-state index is 0. The Balaban J connectivity index is 0.00000300. The molecule has 0 saturated heterocycles. The fourth-order valence-corrected chi connectivity index (χ4v) is 2.99. The number of aryl methyl sites for hydroxylation is 2. The van der Waals surface area contributed by atoms with Crippen molar-refractivity contribution in [2.75, 3.05) is 13.6 Å². The quantitative estimate of drug-likeness (QED) is 0.289. The van der Waals surface area contributed by atoms with Gasteiger partial charge in [0.25, 0.3) is 0 Å². The number of hydrogen-bond donors (Lipinski definition) is 2. The molecule has 2 aromatic heterocycles. The van der Waals surface area contributed by atoms with Crippen LogP contribution in [0.5, 0.6) is 0 Å². The van der Waals surface area contributed by atoms with E-state index >= 15 is 0 Å². The summed E-state index contributed by atoms with van der Waals surface area (Å²) in [5, 5.41) is 11.2. The number of oxazole rings is 1. The molecule has 29 heavy (non-hydrogen) atoms. The summed E-state index contributed by atoms with van der Waals surface area (Å²) in [6, 6.07) is 12.0. The van der Waals surface area contributed by atoms with Gasteiger partial charge in [-0.05, 0) is 38.0 Å². The predicted octanol–water partition coefficient (Wildman–Crippen LogP) is 3.77. The van der Waals surface area contributed by atoms with Gasteiger partial charge in [-0.1, -0.05) is 25.1 Å². The van der Waals surface area contributed by atoms with Crippen LogP contribution in [0, 0.1) is 19.8 Å². The van der Waals surface area contributed by atoms with Crippen molar-refractivity contribution in [1.82, 2.24) is 25.4 Å². The first kappa shape index (κ1) is 22.9. The van der Waals surface area contributed by atoms with Gasteiger partial charge >= 0.3 is 0 Å². The molecule has 0 fully saturated rings. The van der Waals surface area contributed by atoms with Gasteiger partial charge in [0, 0.05) is 31.4 Å². The zero-order valence-electron chi connectivity index (χ0n) is 17.3. The summed E-state index contributed by atoms with van der Waals surface area (Å²) in [5.41, 5.74) is 4.04. The zero-order valence-corrected chi connectivity index (χ0v) is 19.7. The van der Waals surface area contributed by atoms with E-state index in [-0.39, 0.29) is 24.0 Å². The Morgan fingerprint density at radius 2 is 1.97 bits per heavy atom. The number of aliphatic imine (C=N–C) groups is 1. The first-order valence-electron chi connectivity index (χ1n) is 9.50. The number of benzene rings is 1. The highest BCUT2D eigenvalue weighted by atomic mass is 127. The lowest BCUT2D eigenvalue weighted by atomic mass is 10.2. The molecule has 8 heteroatoms. The van der Waals surface area contributed by atoms with Crippen LogP contribution in [-0.4, -0.2) is 34.3 Å². The van der Waals surface area contributed by atoms with E-state index < -0.39 is 0 Å². The number of aromatic nitrogens is 3. The third kappa shape index (κ3) is 6.59. The lowest BCUT2D eigenvalue weighted by Gasteiger charge is -2.16. The van der Waals surface area contributed by atoms with Gasteiger partial charge in [0.05, 0.1) is 17.9 Å². The second-order valence-corrected chi connectivity index (χ2v) is 7.03. The molecule has 0 aliphatic heterocycles. The monoisotopic (exact) mass is 508 g/mol. The van der Waals surface area contributed by atoms with Crippen molar-refractivity contribution in [2.24, 2.45) is 10.9 Å². The topological polar surface area (TPSA) is 80.3 Å². The molecule has 1 unspecified atom stereocenters. The van der Waals surface area contributed by atoms with Crippen LogP contribution in [0.4, 0.5) is 0 Å². The van der Waals surface area contributed by atoms with E-state index in [1.807, 2.05) is 37.3 Å². The average molecular weight is 508 g/mol. The molecule has 2 N–H and O–H groups in total. The van der Waals surface area contributed by atoms with E-state index in [0.29, 0.717) is 18.4 Å². The van der Waals surface area contributed by atoms with Gasteiger partial charge in [-0.2, -0.15) is 5.10 Å². The smallest absolute Gasteiger partial charge is 0.226 e. The zero-order chi connectivity index (χ0) is 19.9. The Labute approximate surface area is 189 Å². The van der Waals surface area contributed by atoms with Crippen LogP contribution in [0.3, 0.4) is 0 Å². The second-order valence-electron chi connectivity index (χ2n) is 7.03. The number of nitrogens with zero attached hydrogens (tertiary/aromatic N) is 4. The Morgan fingerprint density at radius 3 is 2.62 bits per heavy atom. The van der Waals surface area contributed by atoms with Gasteiger partial charge in [0.1, 0.15) is 6.26 Å². The summed E-state index contributed by atoms with van der Waals surface area (Å²) in [7, 11) is 1.76. The number of hydrogen-bond acceptors (Lipinski definition) is 4. The van der Waals surface area contributed by atoms with E-state index in [2.05, 4.69) is 50.3 Å². The number of guanidine groups is 1. The first-order chi connectivity index (χ1) is 13.5. The molecule has 0 bridgehead atoms. The van der Waals surface area contributed by atoms with E-state index in [0.717, 1.165) is 36.0 Å². The molecule has 1 aromatic carbocycles. The van der Waals surface area contributed by atoms with Gasteiger partial charge in [-0.3, -0.25) is 9.67 Å². The maximum atomic E-state index is 5.57. The van der Waals surface area contributed by atoms with E-state index in [9.17, 15) is 0 Å². The molecule has 0 aliphatic carbocycles. The second kappa shape index (κ2) is 11.0. The largest absolute Gasteiger partial charge is 0.444 e. The molecular weight excluding hydrogens is 479 g/mol. The fourth-order valence-electron chi connectivity index (χ4n) is 2.99. The Hall–Kier alpha value is -2.36. The van der Waals surface area contributed by atoms with Crippen LogP contribution >= 0.6 is 24.0 Å². The predicted molar refractivity (Wildman–Crippen MR) is 126 cm³/mol. The Kier molecular flexibility index (Phi) is 8.69. The summed E-state index contributed by atoms with van der Waals surface area (Å²) >= 11 is 0. The average Bonchev–Trinajstić information content (AvgIpc) is 3.29. The van der Waals surface area contributed by atoms with Gasteiger partial charge in [-0.25, -0.2) is 4.98 Å². The molecule has 7 nitrogen and oxygen atoms in total. The molecule has 0 spiro atoms. The summed E-state index contributed by atoms with van der Waals surface area (Å²) in [6.07, 6.45) is 1.67. The molecule has 1 atom stereocenters. The molecule has 2 heterocycles. The van der Waals surface area contributed by atoms with Crippen LogP contribution in [0.25, 0.3) is 11.5 Å². The molecule has 0 radical (unpaired) electrons. The van der Waals surface area contributed by atoms with Crippen LogP contribution in [-0.2, 0) is 13.1 Å². The summed E-state index contributed by atoms with van der Waals surface area (Å²) in [4.78, 5) is 8.81. The molecule has 3 aromatic rings. The molecule has 0 saturated carbocycles. The summed E-state index contributed by atoms with van der Waals surface area (Å²) in [6.45, 7) is 8.51. The molecule has 156 valence electrons. The fraction of sp³-hybridized carbons (Fsp3) is 0.381. The summed E-state index contributed by atoms with van der Waals surface area (Å²) in [5.74, 6) is 1.77. The SMILES string of the molecule is CN=C(NCc1coc(-c2ccccc2)n1)NCC(C)Cn1nc(C)cc1C.I. The number of rotatable bonds is 7. The highest BCUT2D eigenvalue weighted by molar-refractivity contribution is 14.0. The van der Waals surface area contributed by atoms with Gasteiger partial charge in [0.2, 0.25) is 5.89 Å². The van der Waals surface area contributed by atoms with E-state index in [1.165, 1.54) is 5.69 Å². The molecular formula is C21H29IN6O. The standard InChI is InChI=1S/C21H28N6O.HI/c1-15(13-27-17(3)10-16(2)26-27)11-23-21(22-4)24-12-19-14-28-20(25-19)18-8-6-5-7-9-18;/h5-10,14-15H,11-13H2,1-4H3,(H2,22,23,24);1H. The van der Waals surface area contributed by atoms with Crippen molar-refractivity contribution in [2.45, 2.75) is 33.9 Å². The number of halogens is 1. The highest BCUT2D eigenvalue weighted by Crippen LogP contribution is 2.17. The van der Waals surface area contributed by atoms with Gasteiger partial charge < -0.3 is 15.1 Å². The lowest BCUT2D eigenvalue weighted by Crippen LogP contribution is -2.39. The van der Waals surface area contributed by atoms with Crippen LogP contribution in [0.2, 0.25) is 0 Å². The van der Waals surface area contributed by atoms with Crippen molar-refractivity contribution in [1.29, 1.82) is 0 Å². The normalized spacial score (nSPS) is 12.3. The van der Waals surface area contributed by atoms with Crippen LogP contribution in [0.15, 0.2) is 52.1 Å². The lowest BCUT2D eigenvalue weighted by molar-refractivity contribution is 0.436. The van der Waals surface area contributed by atoms with Crippen LogP contribution < -0.4 is 10.6 Å². The Bertz CT molecular complexity index is 918. The molecule has 0 amide bonds. The van der Waals surface area contributed by atoms with Crippen molar-refractivity contribution in [3.8, 4) is 11.5 Å².